The lowest BCUT2D eigenvalue weighted by molar-refractivity contribution is -0.139. The summed E-state index contributed by atoms with van der Waals surface area (Å²) in [4.78, 5) is 27.7. The fourth-order valence-electron chi connectivity index (χ4n) is 2.03. The lowest BCUT2D eigenvalue weighted by atomic mass is 10.2. The van der Waals surface area contributed by atoms with Gasteiger partial charge in [-0.25, -0.2) is 0 Å². The molecule has 2 N–H and O–H groups in total. The largest absolute Gasteiger partial charge is 0.339 e. The van der Waals surface area contributed by atoms with Gasteiger partial charge in [0.2, 0.25) is 11.8 Å². The third kappa shape index (κ3) is 2.70. The van der Waals surface area contributed by atoms with Crippen molar-refractivity contribution in [1.82, 2.24) is 9.80 Å². The summed E-state index contributed by atoms with van der Waals surface area (Å²) in [7, 11) is 0. The molecule has 0 aromatic carbocycles. The Morgan fingerprint density at radius 2 is 1.89 bits per heavy atom. The van der Waals surface area contributed by atoms with E-state index in [-0.39, 0.29) is 11.8 Å². The summed E-state index contributed by atoms with van der Waals surface area (Å²) >= 11 is 1.49. The predicted octanol–water partition coefficient (Wildman–Crippen LogP) is 0.439. The van der Waals surface area contributed by atoms with Crippen molar-refractivity contribution in [2.45, 2.75) is 13.0 Å². The molecule has 1 saturated heterocycles. The van der Waals surface area contributed by atoms with Crippen LogP contribution in [0.4, 0.5) is 0 Å². The molecule has 1 aromatic heterocycles. The molecule has 0 radical (unpaired) electrons. The van der Waals surface area contributed by atoms with Crippen molar-refractivity contribution in [3.63, 3.8) is 0 Å². The van der Waals surface area contributed by atoms with E-state index in [2.05, 4.69) is 0 Å². The van der Waals surface area contributed by atoms with Gasteiger partial charge in [0.25, 0.3) is 0 Å². The standard InChI is InChI=1S/C12H17N3O2S/c1-9(16)14-4-6-15(7-5-14)12(17)11(13)10-3-2-8-18-10/h2-3,8,11H,4-7,13H2,1H3. The van der Waals surface area contributed by atoms with Gasteiger partial charge < -0.3 is 15.5 Å². The molecule has 6 heteroatoms. The first-order valence-electron chi connectivity index (χ1n) is 5.93. The van der Waals surface area contributed by atoms with Crippen LogP contribution in [0.25, 0.3) is 0 Å². The Hall–Kier alpha value is -1.40. The molecule has 1 unspecified atom stereocenters. The summed E-state index contributed by atoms with van der Waals surface area (Å²) in [5, 5.41) is 1.91. The van der Waals surface area contributed by atoms with E-state index in [9.17, 15) is 9.59 Å². The van der Waals surface area contributed by atoms with Gasteiger partial charge in [-0.1, -0.05) is 6.07 Å². The van der Waals surface area contributed by atoms with E-state index in [1.165, 1.54) is 11.3 Å². The van der Waals surface area contributed by atoms with E-state index in [0.717, 1.165) is 4.88 Å². The maximum Gasteiger partial charge on any atom is 0.245 e. The molecule has 2 heterocycles. The van der Waals surface area contributed by atoms with Gasteiger partial charge >= 0.3 is 0 Å². The molecule has 1 aliphatic heterocycles. The van der Waals surface area contributed by atoms with Crippen LogP contribution in [0.1, 0.15) is 17.8 Å². The SMILES string of the molecule is CC(=O)N1CCN(C(=O)C(N)c2cccs2)CC1. The maximum absolute atomic E-state index is 12.2. The van der Waals surface area contributed by atoms with E-state index < -0.39 is 6.04 Å². The molecule has 1 aromatic rings. The monoisotopic (exact) mass is 267 g/mol. The van der Waals surface area contributed by atoms with Crippen molar-refractivity contribution in [3.8, 4) is 0 Å². The molecule has 1 fully saturated rings. The zero-order valence-electron chi connectivity index (χ0n) is 10.3. The molecule has 0 aliphatic carbocycles. The quantitative estimate of drug-likeness (QED) is 0.845. The predicted molar refractivity (Wildman–Crippen MR) is 70.1 cm³/mol. The summed E-state index contributed by atoms with van der Waals surface area (Å²) < 4.78 is 0. The van der Waals surface area contributed by atoms with Crippen LogP contribution in [0.5, 0.6) is 0 Å². The topological polar surface area (TPSA) is 66.6 Å². The van der Waals surface area contributed by atoms with Gasteiger partial charge in [-0.3, -0.25) is 9.59 Å². The van der Waals surface area contributed by atoms with Crippen molar-refractivity contribution in [1.29, 1.82) is 0 Å². The van der Waals surface area contributed by atoms with E-state index in [0.29, 0.717) is 26.2 Å². The zero-order chi connectivity index (χ0) is 13.1. The third-order valence-corrected chi connectivity index (χ3v) is 4.11. The van der Waals surface area contributed by atoms with Crippen LogP contribution in [-0.2, 0) is 9.59 Å². The fourth-order valence-corrected chi connectivity index (χ4v) is 2.75. The minimum Gasteiger partial charge on any atom is -0.339 e. The Kier molecular flexibility index (Phi) is 3.98. The Labute approximate surface area is 110 Å². The molecule has 2 rings (SSSR count). The second kappa shape index (κ2) is 5.49. The molecular weight excluding hydrogens is 250 g/mol. The van der Waals surface area contributed by atoms with E-state index in [1.54, 1.807) is 16.7 Å². The first-order valence-corrected chi connectivity index (χ1v) is 6.81. The van der Waals surface area contributed by atoms with Crippen molar-refractivity contribution >= 4 is 23.2 Å². The minimum absolute atomic E-state index is 0.0550. The number of rotatable bonds is 2. The van der Waals surface area contributed by atoms with E-state index in [1.807, 2.05) is 17.5 Å². The average molecular weight is 267 g/mol. The van der Waals surface area contributed by atoms with E-state index in [4.69, 9.17) is 5.73 Å². The van der Waals surface area contributed by atoms with Crippen LogP contribution in [-0.4, -0.2) is 47.8 Å². The Morgan fingerprint density at radius 1 is 1.28 bits per heavy atom. The first-order chi connectivity index (χ1) is 8.59. The van der Waals surface area contributed by atoms with Gasteiger partial charge in [-0.15, -0.1) is 11.3 Å². The van der Waals surface area contributed by atoms with Gasteiger partial charge in [0.05, 0.1) is 0 Å². The Bertz CT molecular complexity index is 425. The van der Waals surface area contributed by atoms with Crippen LogP contribution in [0.2, 0.25) is 0 Å². The second-order valence-electron chi connectivity index (χ2n) is 4.32. The van der Waals surface area contributed by atoms with Crippen LogP contribution in [0, 0.1) is 0 Å². The van der Waals surface area contributed by atoms with Crippen LogP contribution < -0.4 is 5.73 Å². The number of hydrogen-bond donors (Lipinski definition) is 1. The summed E-state index contributed by atoms with van der Waals surface area (Å²) in [5.74, 6) is 0.00491. The van der Waals surface area contributed by atoms with Crippen LogP contribution in [0.3, 0.4) is 0 Å². The molecule has 18 heavy (non-hydrogen) atoms. The van der Waals surface area contributed by atoms with Gasteiger partial charge in [0.1, 0.15) is 6.04 Å². The van der Waals surface area contributed by atoms with Gasteiger partial charge in [-0.2, -0.15) is 0 Å². The van der Waals surface area contributed by atoms with Gasteiger partial charge in [-0.05, 0) is 11.4 Å². The molecule has 2 amide bonds. The number of thiophene rings is 1. The minimum atomic E-state index is -0.575. The van der Waals surface area contributed by atoms with Crippen molar-refractivity contribution in [2.75, 3.05) is 26.2 Å². The highest BCUT2D eigenvalue weighted by Gasteiger charge is 2.27. The second-order valence-corrected chi connectivity index (χ2v) is 5.30. The molecule has 1 aliphatic rings. The number of hydrogen-bond acceptors (Lipinski definition) is 4. The molecule has 1 atom stereocenters. The normalized spacial score (nSPS) is 17.7. The summed E-state index contributed by atoms with van der Waals surface area (Å²) in [6.45, 7) is 3.88. The molecule has 0 saturated carbocycles. The lowest BCUT2D eigenvalue weighted by Crippen LogP contribution is -2.52. The van der Waals surface area contributed by atoms with E-state index >= 15 is 0 Å². The summed E-state index contributed by atoms with van der Waals surface area (Å²) in [6.07, 6.45) is 0. The highest BCUT2D eigenvalue weighted by molar-refractivity contribution is 7.10. The Balaban J connectivity index is 1.93. The average Bonchev–Trinajstić information content (AvgIpc) is 2.91. The highest BCUT2D eigenvalue weighted by atomic mass is 32.1. The van der Waals surface area contributed by atoms with Crippen LogP contribution in [0.15, 0.2) is 17.5 Å². The van der Waals surface area contributed by atoms with Crippen molar-refractivity contribution < 1.29 is 9.59 Å². The molecule has 5 nitrogen and oxygen atoms in total. The van der Waals surface area contributed by atoms with Crippen molar-refractivity contribution in [3.05, 3.63) is 22.4 Å². The number of carbonyl (C=O) groups is 2. The maximum atomic E-state index is 12.2. The molecular formula is C12H17N3O2S. The van der Waals surface area contributed by atoms with Crippen LogP contribution >= 0.6 is 11.3 Å². The number of carbonyl (C=O) groups excluding carboxylic acids is 2. The summed E-state index contributed by atoms with van der Waals surface area (Å²) in [6, 6.07) is 3.19. The third-order valence-electron chi connectivity index (χ3n) is 3.15. The van der Waals surface area contributed by atoms with Gasteiger partial charge in [0.15, 0.2) is 0 Å². The first kappa shape index (κ1) is 13.0. The highest BCUT2D eigenvalue weighted by Crippen LogP contribution is 2.19. The van der Waals surface area contributed by atoms with Crippen molar-refractivity contribution in [2.24, 2.45) is 5.73 Å². The Morgan fingerprint density at radius 3 is 2.39 bits per heavy atom. The smallest absolute Gasteiger partial charge is 0.245 e. The number of nitrogens with two attached hydrogens (primary N) is 1. The molecule has 0 spiro atoms. The van der Waals surface area contributed by atoms with Gasteiger partial charge in [0, 0.05) is 38.0 Å². The summed E-state index contributed by atoms with van der Waals surface area (Å²) in [5.41, 5.74) is 5.95. The molecule has 0 bridgehead atoms. The fraction of sp³-hybridized carbons (Fsp3) is 0.500. The number of piperazine rings is 1. The molecule has 98 valence electrons. The number of nitrogens with zero attached hydrogens (tertiary/aromatic N) is 2. The number of amides is 2. The lowest BCUT2D eigenvalue weighted by Gasteiger charge is -2.35. The zero-order valence-corrected chi connectivity index (χ0v) is 11.2.